The molecule has 0 spiro atoms. The van der Waals surface area contributed by atoms with Crippen LogP contribution in [0.1, 0.15) is 20.5 Å². The molecule has 16 heavy (non-hydrogen) atoms. The van der Waals surface area contributed by atoms with Gasteiger partial charge in [-0.3, -0.25) is 9.17 Å². The molecule has 0 aliphatic heterocycles. The molecule has 0 aliphatic rings. The number of thiol groups is 1. The SMILES string of the molecule is O=C(O)NCC(S)c1s[nH]c(=O)c1C(=O)O. The molecule has 0 aromatic carbocycles. The van der Waals surface area contributed by atoms with Crippen molar-refractivity contribution in [2.75, 3.05) is 6.54 Å². The Labute approximate surface area is 98.7 Å². The van der Waals surface area contributed by atoms with Crippen LogP contribution < -0.4 is 10.9 Å². The van der Waals surface area contributed by atoms with Crippen molar-refractivity contribution in [3.63, 3.8) is 0 Å². The zero-order valence-corrected chi connectivity index (χ0v) is 9.47. The second-order valence-corrected chi connectivity index (χ2v) is 4.25. The number of aromatic carboxylic acids is 1. The average Bonchev–Trinajstić information content (AvgIpc) is 2.56. The lowest BCUT2D eigenvalue weighted by Gasteiger charge is -2.08. The quantitative estimate of drug-likeness (QED) is 0.503. The highest BCUT2D eigenvalue weighted by Crippen LogP contribution is 2.24. The minimum atomic E-state index is -1.35. The van der Waals surface area contributed by atoms with Crippen molar-refractivity contribution in [2.24, 2.45) is 0 Å². The highest BCUT2D eigenvalue weighted by molar-refractivity contribution is 7.80. The second-order valence-electron chi connectivity index (χ2n) is 2.78. The molecule has 9 heteroatoms. The van der Waals surface area contributed by atoms with E-state index < -0.39 is 28.4 Å². The number of rotatable bonds is 4. The second kappa shape index (κ2) is 5.03. The van der Waals surface area contributed by atoms with E-state index in [4.69, 9.17) is 10.2 Å². The molecule has 0 fully saturated rings. The van der Waals surface area contributed by atoms with Crippen LogP contribution in [-0.4, -0.2) is 33.2 Å². The number of aromatic amines is 1. The third-order valence-corrected chi connectivity index (χ3v) is 3.30. The molecule has 1 aromatic rings. The number of carboxylic acids is 1. The van der Waals surface area contributed by atoms with Crippen molar-refractivity contribution in [2.45, 2.75) is 5.25 Å². The highest BCUT2D eigenvalue weighted by Gasteiger charge is 2.22. The number of hydrogen-bond donors (Lipinski definition) is 5. The van der Waals surface area contributed by atoms with Gasteiger partial charge in [-0.25, -0.2) is 9.59 Å². The van der Waals surface area contributed by atoms with Crippen LogP contribution in [0.25, 0.3) is 0 Å². The fourth-order valence-corrected chi connectivity index (χ4v) is 2.21. The Hall–Kier alpha value is -1.48. The van der Waals surface area contributed by atoms with Crippen LogP contribution in [0.4, 0.5) is 4.79 Å². The number of H-pyrrole nitrogens is 1. The fraction of sp³-hybridized carbons (Fsp3) is 0.286. The van der Waals surface area contributed by atoms with Gasteiger partial charge in [-0.15, -0.1) is 0 Å². The summed E-state index contributed by atoms with van der Waals surface area (Å²) in [6.07, 6.45) is -1.24. The van der Waals surface area contributed by atoms with Crippen molar-refractivity contribution < 1.29 is 19.8 Å². The van der Waals surface area contributed by atoms with E-state index in [1.165, 1.54) is 0 Å². The molecule has 1 aromatic heterocycles. The lowest BCUT2D eigenvalue weighted by molar-refractivity contribution is 0.0694. The molecule has 1 amide bonds. The van der Waals surface area contributed by atoms with E-state index in [1.807, 2.05) is 0 Å². The Kier molecular flexibility index (Phi) is 3.96. The van der Waals surface area contributed by atoms with Crippen LogP contribution in [0.15, 0.2) is 4.79 Å². The molecule has 7 nitrogen and oxygen atoms in total. The van der Waals surface area contributed by atoms with Crippen LogP contribution in [0, 0.1) is 0 Å². The number of hydrogen-bond acceptors (Lipinski definition) is 5. The summed E-state index contributed by atoms with van der Waals surface area (Å²) in [5.41, 5.74) is -1.10. The lowest BCUT2D eigenvalue weighted by Crippen LogP contribution is -2.25. The maximum absolute atomic E-state index is 11.1. The van der Waals surface area contributed by atoms with Gasteiger partial charge in [0.05, 0.1) is 10.1 Å². The van der Waals surface area contributed by atoms with E-state index in [9.17, 15) is 14.4 Å². The van der Waals surface area contributed by atoms with Gasteiger partial charge in [0.1, 0.15) is 5.56 Å². The van der Waals surface area contributed by atoms with Crippen LogP contribution in [0.3, 0.4) is 0 Å². The van der Waals surface area contributed by atoms with Gasteiger partial charge in [-0.2, -0.15) is 12.6 Å². The van der Waals surface area contributed by atoms with Gasteiger partial charge in [0.25, 0.3) is 5.56 Å². The Morgan fingerprint density at radius 2 is 2.12 bits per heavy atom. The number of carboxylic acid groups (broad SMARTS) is 2. The predicted octanol–water partition coefficient (Wildman–Crippen LogP) is 0.373. The van der Waals surface area contributed by atoms with E-state index in [0.29, 0.717) is 0 Å². The average molecular weight is 264 g/mol. The first-order valence-electron chi connectivity index (χ1n) is 4.03. The molecule has 1 unspecified atom stereocenters. The summed E-state index contributed by atoms with van der Waals surface area (Å²) in [6.45, 7) is -0.0769. The molecule has 0 saturated carbocycles. The van der Waals surface area contributed by atoms with Crippen molar-refractivity contribution >= 4 is 36.2 Å². The standard InChI is InChI=1S/C7H8N2O5S2/c10-5-3(6(11)12)4(16-9-5)2(15)1-8-7(13)14/h2,8,15H,1H2,(H,9,10)(H,11,12)(H,13,14). The van der Waals surface area contributed by atoms with Gasteiger partial charge in [0.2, 0.25) is 0 Å². The van der Waals surface area contributed by atoms with Crippen molar-refractivity contribution in [3.8, 4) is 0 Å². The first-order valence-corrected chi connectivity index (χ1v) is 5.36. The third kappa shape index (κ3) is 2.76. The first kappa shape index (κ1) is 12.6. The van der Waals surface area contributed by atoms with E-state index in [1.54, 1.807) is 0 Å². The molecule has 1 rings (SSSR count). The normalized spacial score (nSPS) is 12.1. The summed E-state index contributed by atoms with van der Waals surface area (Å²) in [4.78, 5) is 32.3. The number of carbonyl (C=O) groups is 2. The van der Waals surface area contributed by atoms with Gasteiger partial charge >= 0.3 is 12.1 Å². The summed E-state index contributed by atoms with van der Waals surface area (Å²) < 4.78 is 2.27. The van der Waals surface area contributed by atoms with Gasteiger partial charge in [-0.1, -0.05) is 11.5 Å². The topological polar surface area (TPSA) is 119 Å². The minimum Gasteiger partial charge on any atom is -0.477 e. The number of amides is 1. The van der Waals surface area contributed by atoms with E-state index in [2.05, 4.69) is 22.3 Å². The molecule has 0 aliphatic carbocycles. The molecule has 1 atom stereocenters. The summed E-state index contributed by atoms with van der Waals surface area (Å²) >= 11 is 4.87. The van der Waals surface area contributed by atoms with Gasteiger partial charge < -0.3 is 15.5 Å². The molecule has 1 heterocycles. The molecular weight excluding hydrogens is 256 g/mol. The third-order valence-electron chi connectivity index (χ3n) is 1.69. The zero-order chi connectivity index (χ0) is 12.3. The van der Waals surface area contributed by atoms with Crippen molar-refractivity contribution in [3.05, 3.63) is 20.8 Å². The molecule has 4 N–H and O–H groups in total. The Morgan fingerprint density at radius 1 is 1.50 bits per heavy atom. The summed E-state index contributed by atoms with van der Waals surface area (Å²) in [5.74, 6) is -1.35. The fourth-order valence-electron chi connectivity index (χ4n) is 1.03. The van der Waals surface area contributed by atoms with E-state index in [0.717, 1.165) is 11.5 Å². The lowest BCUT2D eigenvalue weighted by atomic mass is 10.2. The summed E-state index contributed by atoms with van der Waals surface area (Å²) in [6, 6.07) is 0. The largest absolute Gasteiger partial charge is 0.477 e. The van der Waals surface area contributed by atoms with Gasteiger partial charge in [0, 0.05) is 6.54 Å². The molecular formula is C7H8N2O5S2. The predicted molar refractivity (Wildman–Crippen MR) is 59.7 cm³/mol. The van der Waals surface area contributed by atoms with Crippen LogP contribution in [0.2, 0.25) is 0 Å². The van der Waals surface area contributed by atoms with Crippen molar-refractivity contribution in [1.82, 2.24) is 9.69 Å². The van der Waals surface area contributed by atoms with Gasteiger partial charge in [0.15, 0.2) is 0 Å². The van der Waals surface area contributed by atoms with Crippen molar-refractivity contribution in [1.29, 1.82) is 0 Å². The van der Waals surface area contributed by atoms with E-state index in [-0.39, 0.29) is 11.4 Å². The molecule has 88 valence electrons. The Balaban J connectivity index is 2.91. The molecule has 0 saturated heterocycles. The van der Waals surface area contributed by atoms with Crippen LogP contribution >= 0.6 is 24.2 Å². The molecule has 0 bridgehead atoms. The highest BCUT2D eigenvalue weighted by atomic mass is 32.1. The maximum atomic E-state index is 11.1. The summed E-state index contributed by atoms with van der Waals surface area (Å²) in [5, 5.41) is 18.5. The van der Waals surface area contributed by atoms with E-state index >= 15 is 0 Å². The molecule has 0 radical (unpaired) electrons. The number of nitrogens with one attached hydrogen (secondary N) is 2. The Bertz CT molecular complexity index is 466. The number of aromatic nitrogens is 1. The Morgan fingerprint density at radius 3 is 2.62 bits per heavy atom. The smallest absolute Gasteiger partial charge is 0.404 e. The van der Waals surface area contributed by atoms with Gasteiger partial charge in [-0.05, 0) is 0 Å². The monoisotopic (exact) mass is 264 g/mol. The minimum absolute atomic E-state index is 0.0769. The first-order chi connectivity index (χ1) is 7.43. The van der Waals surface area contributed by atoms with Crippen LogP contribution in [-0.2, 0) is 0 Å². The van der Waals surface area contributed by atoms with Crippen LogP contribution in [0.5, 0.6) is 0 Å². The zero-order valence-electron chi connectivity index (χ0n) is 7.76. The maximum Gasteiger partial charge on any atom is 0.404 e. The summed E-state index contributed by atoms with van der Waals surface area (Å²) in [7, 11) is 0.